The monoisotopic (exact) mass is 255 g/mol. The molecular formula is C13H12F3NO. The van der Waals surface area contributed by atoms with Crippen LogP contribution in [0.15, 0.2) is 48.2 Å². The molecule has 1 atom stereocenters. The van der Waals surface area contributed by atoms with E-state index in [1.165, 1.54) is 12.1 Å². The Balaban J connectivity index is 2.09. The van der Waals surface area contributed by atoms with Gasteiger partial charge in [0.25, 0.3) is 0 Å². The Morgan fingerprint density at radius 2 is 2.06 bits per heavy atom. The fourth-order valence-corrected chi connectivity index (χ4v) is 1.63. The Bertz CT molecular complexity index is 491. The Hall–Kier alpha value is -1.91. The molecule has 0 heterocycles. The third-order valence-electron chi connectivity index (χ3n) is 2.54. The summed E-state index contributed by atoms with van der Waals surface area (Å²) >= 11 is 0. The van der Waals surface area contributed by atoms with Gasteiger partial charge < -0.3 is 10.5 Å². The van der Waals surface area contributed by atoms with Gasteiger partial charge in [0, 0.05) is 12.1 Å². The summed E-state index contributed by atoms with van der Waals surface area (Å²) in [5.41, 5.74) is 5.47. The smallest absolute Gasteiger partial charge is 0.416 e. The van der Waals surface area contributed by atoms with Gasteiger partial charge in [0.2, 0.25) is 0 Å². The van der Waals surface area contributed by atoms with Crippen molar-refractivity contribution in [2.45, 2.75) is 18.7 Å². The topological polar surface area (TPSA) is 35.2 Å². The summed E-state index contributed by atoms with van der Waals surface area (Å²) in [6, 6.07) is 4.84. The first-order valence-electron chi connectivity index (χ1n) is 5.43. The number of alkyl halides is 3. The van der Waals surface area contributed by atoms with Crippen molar-refractivity contribution in [3.05, 3.63) is 53.8 Å². The minimum Gasteiger partial charge on any atom is -0.486 e. The highest BCUT2D eigenvalue weighted by molar-refractivity contribution is 5.31. The average Bonchev–Trinajstić information content (AvgIpc) is 2.31. The first-order valence-corrected chi connectivity index (χ1v) is 5.43. The highest BCUT2D eigenvalue weighted by atomic mass is 19.4. The van der Waals surface area contributed by atoms with E-state index in [1.54, 1.807) is 18.2 Å². The summed E-state index contributed by atoms with van der Waals surface area (Å²) < 4.78 is 43.0. The van der Waals surface area contributed by atoms with Crippen LogP contribution in [-0.4, -0.2) is 6.10 Å². The molecule has 1 aliphatic rings. The number of hydrogen-bond donors (Lipinski definition) is 1. The van der Waals surface area contributed by atoms with Crippen LogP contribution >= 0.6 is 0 Å². The summed E-state index contributed by atoms with van der Waals surface area (Å²) in [6.07, 6.45) is 1.11. The molecule has 0 radical (unpaired) electrons. The summed E-state index contributed by atoms with van der Waals surface area (Å²) in [7, 11) is 0. The Morgan fingerprint density at radius 3 is 2.67 bits per heavy atom. The first-order chi connectivity index (χ1) is 8.45. The molecule has 2 nitrogen and oxygen atoms in total. The van der Waals surface area contributed by atoms with E-state index >= 15 is 0 Å². The van der Waals surface area contributed by atoms with Gasteiger partial charge in [0.05, 0.1) is 5.56 Å². The van der Waals surface area contributed by atoms with Crippen molar-refractivity contribution < 1.29 is 17.9 Å². The van der Waals surface area contributed by atoms with Gasteiger partial charge >= 0.3 is 6.18 Å². The number of nitrogens with two attached hydrogens (primary N) is 1. The molecule has 2 N–H and O–H groups in total. The van der Waals surface area contributed by atoms with E-state index in [0.29, 0.717) is 12.1 Å². The third kappa shape index (κ3) is 3.06. The summed E-state index contributed by atoms with van der Waals surface area (Å²) in [5.74, 6) is 0.202. The predicted molar refractivity (Wildman–Crippen MR) is 61.9 cm³/mol. The van der Waals surface area contributed by atoms with E-state index in [2.05, 4.69) is 0 Å². The molecule has 0 saturated heterocycles. The van der Waals surface area contributed by atoms with Crippen molar-refractivity contribution in [2.75, 3.05) is 0 Å². The minimum atomic E-state index is -4.36. The summed E-state index contributed by atoms with van der Waals surface area (Å²) in [6.45, 7) is 0. The second-order valence-electron chi connectivity index (χ2n) is 3.98. The lowest BCUT2D eigenvalue weighted by Gasteiger charge is -2.18. The zero-order chi connectivity index (χ0) is 13.2. The SMILES string of the molecule is NC1=CCC(Oc2cccc(C(F)(F)F)c2)C=C1. The van der Waals surface area contributed by atoms with E-state index in [9.17, 15) is 13.2 Å². The molecule has 5 heteroatoms. The number of benzene rings is 1. The van der Waals surface area contributed by atoms with Gasteiger partial charge in [0.1, 0.15) is 11.9 Å². The van der Waals surface area contributed by atoms with Crippen LogP contribution < -0.4 is 10.5 Å². The van der Waals surface area contributed by atoms with Crippen molar-refractivity contribution in [2.24, 2.45) is 5.73 Å². The molecule has 96 valence electrons. The Morgan fingerprint density at radius 1 is 1.28 bits per heavy atom. The molecule has 0 aromatic heterocycles. The third-order valence-corrected chi connectivity index (χ3v) is 2.54. The number of halogens is 3. The molecule has 2 rings (SSSR count). The zero-order valence-electron chi connectivity index (χ0n) is 9.45. The lowest BCUT2D eigenvalue weighted by Crippen LogP contribution is -2.16. The molecule has 0 bridgehead atoms. The van der Waals surface area contributed by atoms with Crippen LogP contribution in [0.25, 0.3) is 0 Å². The number of hydrogen-bond acceptors (Lipinski definition) is 2. The normalized spacial score (nSPS) is 19.5. The molecule has 0 amide bonds. The van der Waals surface area contributed by atoms with Crippen LogP contribution in [0, 0.1) is 0 Å². The quantitative estimate of drug-likeness (QED) is 0.880. The molecule has 1 aromatic rings. The molecule has 0 saturated carbocycles. The first kappa shape index (κ1) is 12.5. The lowest BCUT2D eigenvalue weighted by atomic mass is 10.1. The maximum Gasteiger partial charge on any atom is 0.416 e. The van der Waals surface area contributed by atoms with Crippen molar-refractivity contribution in [1.29, 1.82) is 0 Å². The van der Waals surface area contributed by atoms with Gasteiger partial charge in [-0.05, 0) is 30.4 Å². The average molecular weight is 255 g/mol. The fraction of sp³-hybridized carbons (Fsp3) is 0.231. The molecule has 0 aliphatic heterocycles. The lowest BCUT2D eigenvalue weighted by molar-refractivity contribution is -0.137. The maximum atomic E-state index is 12.5. The van der Waals surface area contributed by atoms with E-state index in [1.807, 2.05) is 0 Å². The molecule has 1 aromatic carbocycles. The minimum absolute atomic E-state index is 0.202. The van der Waals surface area contributed by atoms with Crippen molar-refractivity contribution in [1.82, 2.24) is 0 Å². The van der Waals surface area contributed by atoms with Gasteiger partial charge in [0.15, 0.2) is 0 Å². The molecule has 1 aliphatic carbocycles. The number of allylic oxidation sites excluding steroid dienone is 1. The van der Waals surface area contributed by atoms with Crippen molar-refractivity contribution in [3.63, 3.8) is 0 Å². The van der Waals surface area contributed by atoms with Crippen LogP contribution in [-0.2, 0) is 6.18 Å². The Kier molecular flexibility index (Phi) is 3.32. The molecule has 1 unspecified atom stereocenters. The number of ether oxygens (including phenoxy) is 1. The van der Waals surface area contributed by atoms with E-state index in [0.717, 1.165) is 12.1 Å². The predicted octanol–water partition coefficient (Wildman–Crippen LogP) is 3.26. The Labute approximate surface area is 103 Å². The van der Waals surface area contributed by atoms with E-state index < -0.39 is 11.7 Å². The van der Waals surface area contributed by atoms with Gasteiger partial charge in [-0.3, -0.25) is 0 Å². The molecular weight excluding hydrogens is 243 g/mol. The summed E-state index contributed by atoms with van der Waals surface area (Å²) in [5, 5.41) is 0. The van der Waals surface area contributed by atoms with Crippen molar-refractivity contribution in [3.8, 4) is 5.75 Å². The molecule has 0 fully saturated rings. The summed E-state index contributed by atoms with van der Waals surface area (Å²) in [4.78, 5) is 0. The second-order valence-corrected chi connectivity index (χ2v) is 3.98. The van der Waals surface area contributed by atoms with Gasteiger partial charge in [-0.25, -0.2) is 0 Å². The molecule has 0 spiro atoms. The standard InChI is InChI=1S/C13H12F3NO/c14-13(15,16)9-2-1-3-12(8-9)18-11-6-4-10(17)5-7-11/h1-6,8,11H,7,17H2. The van der Waals surface area contributed by atoms with Gasteiger partial charge in [-0.15, -0.1) is 0 Å². The van der Waals surface area contributed by atoms with Gasteiger partial charge in [-0.1, -0.05) is 12.1 Å². The highest BCUT2D eigenvalue weighted by Crippen LogP contribution is 2.31. The second kappa shape index (κ2) is 4.76. The van der Waals surface area contributed by atoms with Crippen molar-refractivity contribution >= 4 is 0 Å². The fourth-order valence-electron chi connectivity index (χ4n) is 1.63. The van der Waals surface area contributed by atoms with Gasteiger partial charge in [-0.2, -0.15) is 13.2 Å². The maximum absolute atomic E-state index is 12.5. The van der Waals surface area contributed by atoms with Crippen LogP contribution in [0.3, 0.4) is 0 Å². The van der Waals surface area contributed by atoms with Crippen LogP contribution in [0.5, 0.6) is 5.75 Å². The van der Waals surface area contributed by atoms with E-state index in [4.69, 9.17) is 10.5 Å². The number of rotatable bonds is 2. The van der Waals surface area contributed by atoms with Crippen LogP contribution in [0.2, 0.25) is 0 Å². The van der Waals surface area contributed by atoms with Crippen LogP contribution in [0.1, 0.15) is 12.0 Å². The largest absolute Gasteiger partial charge is 0.486 e. The van der Waals surface area contributed by atoms with E-state index in [-0.39, 0.29) is 11.9 Å². The zero-order valence-corrected chi connectivity index (χ0v) is 9.45. The van der Waals surface area contributed by atoms with Crippen LogP contribution in [0.4, 0.5) is 13.2 Å². The highest BCUT2D eigenvalue weighted by Gasteiger charge is 2.30. The molecule has 18 heavy (non-hydrogen) atoms.